The Kier molecular flexibility index (Phi) is 4.77. The van der Waals surface area contributed by atoms with E-state index in [2.05, 4.69) is 47.3 Å². The number of hydrogen-bond acceptors (Lipinski definition) is 3. The number of aromatic nitrogens is 1. The molecule has 0 atom stereocenters. The first-order chi connectivity index (χ1) is 9.80. The van der Waals surface area contributed by atoms with Gasteiger partial charge in [0, 0.05) is 25.0 Å². The van der Waals surface area contributed by atoms with Crippen LogP contribution >= 0.6 is 0 Å². The minimum atomic E-state index is 1.03. The van der Waals surface area contributed by atoms with Crippen molar-refractivity contribution in [1.29, 1.82) is 0 Å². The highest BCUT2D eigenvalue weighted by atomic mass is 14.9. The maximum Gasteiger partial charge on any atom is 0.0648 e. The second kappa shape index (κ2) is 6.75. The number of nitrogens with one attached hydrogen (secondary N) is 2. The molecule has 0 aliphatic carbocycles. The summed E-state index contributed by atoms with van der Waals surface area (Å²) in [7, 11) is 1.94. The smallest absolute Gasteiger partial charge is 0.0648 e. The van der Waals surface area contributed by atoms with Crippen LogP contribution in [-0.2, 0) is 6.42 Å². The standard InChI is InChI=1S/C17H21N3/c1-4-7-13-10-15(14-8-6-9-19-12-14)11-16(18-3)17(13)20-5-2/h5-6,8-12,18,20H,2,4,7H2,1,3H3. The maximum absolute atomic E-state index is 4.20. The van der Waals surface area contributed by atoms with E-state index in [1.807, 2.05) is 19.3 Å². The predicted octanol–water partition coefficient (Wildman–Crippen LogP) is 4.30. The first-order valence-electron chi connectivity index (χ1n) is 6.92. The molecule has 1 heterocycles. The molecule has 3 nitrogen and oxygen atoms in total. The van der Waals surface area contributed by atoms with Gasteiger partial charge in [0.15, 0.2) is 0 Å². The van der Waals surface area contributed by atoms with E-state index in [0.717, 1.165) is 29.8 Å². The van der Waals surface area contributed by atoms with Gasteiger partial charge in [0.25, 0.3) is 0 Å². The van der Waals surface area contributed by atoms with Crippen LogP contribution < -0.4 is 10.6 Å². The third-order valence-electron chi connectivity index (χ3n) is 3.25. The molecule has 3 heteroatoms. The molecule has 2 rings (SSSR count). The fourth-order valence-electron chi connectivity index (χ4n) is 2.34. The molecule has 0 aliphatic heterocycles. The van der Waals surface area contributed by atoms with E-state index in [-0.39, 0.29) is 0 Å². The van der Waals surface area contributed by atoms with Gasteiger partial charge in [0.2, 0.25) is 0 Å². The zero-order valence-corrected chi connectivity index (χ0v) is 12.1. The lowest BCUT2D eigenvalue weighted by Gasteiger charge is -2.16. The molecule has 0 unspecified atom stereocenters. The number of anilines is 2. The van der Waals surface area contributed by atoms with Gasteiger partial charge in [-0.1, -0.05) is 26.0 Å². The van der Waals surface area contributed by atoms with Gasteiger partial charge in [-0.2, -0.15) is 0 Å². The Balaban J connectivity index is 2.55. The summed E-state index contributed by atoms with van der Waals surface area (Å²) >= 11 is 0. The van der Waals surface area contributed by atoms with Crippen LogP contribution in [0.25, 0.3) is 11.1 Å². The van der Waals surface area contributed by atoms with Gasteiger partial charge in [0.05, 0.1) is 11.4 Å². The zero-order valence-electron chi connectivity index (χ0n) is 12.1. The molecule has 0 radical (unpaired) electrons. The van der Waals surface area contributed by atoms with Crippen molar-refractivity contribution in [2.24, 2.45) is 0 Å². The average molecular weight is 267 g/mol. The molecule has 0 saturated carbocycles. The molecule has 2 aromatic rings. The van der Waals surface area contributed by atoms with Crippen LogP contribution in [0.15, 0.2) is 49.4 Å². The normalized spacial score (nSPS) is 10.1. The van der Waals surface area contributed by atoms with Crippen molar-refractivity contribution in [3.63, 3.8) is 0 Å². The van der Waals surface area contributed by atoms with Gasteiger partial charge < -0.3 is 10.6 Å². The van der Waals surface area contributed by atoms with Gasteiger partial charge in [-0.25, -0.2) is 0 Å². The monoisotopic (exact) mass is 267 g/mol. The second-order valence-corrected chi connectivity index (χ2v) is 4.65. The first kappa shape index (κ1) is 14.1. The summed E-state index contributed by atoms with van der Waals surface area (Å²) in [6.45, 7) is 5.95. The molecule has 20 heavy (non-hydrogen) atoms. The van der Waals surface area contributed by atoms with Crippen molar-refractivity contribution < 1.29 is 0 Å². The highest BCUT2D eigenvalue weighted by Crippen LogP contribution is 2.33. The van der Waals surface area contributed by atoms with Crippen molar-refractivity contribution in [3.05, 3.63) is 55.0 Å². The van der Waals surface area contributed by atoms with Crippen LogP contribution in [0.1, 0.15) is 18.9 Å². The summed E-state index contributed by atoms with van der Waals surface area (Å²) < 4.78 is 0. The summed E-state index contributed by atoms with van der Waals surface area (Å²) in [6.07, 6.45) is 7.54. The van der Waals surface area contributed by atoms with Gasteiger partial charge in [0.1, 0.15) is 0 Å². The third kappa shape index (κ3) is 2.99. The fourth-order valence-corrected chi connectivity index (χ4v) is 2.34. The highest BCUT2D eigenvalue weighted by molar-refractivity contribution is 5.80. The number of rotatable bonds is 6. The lowest BCUT2D eigenvalue weighted by molar-refractivity contribution is 0.924. The number of benzene rings is 1. The third-order valence-corrected chi connectivity index (χ3v) is 3.25. The molecule has 0 aliphatic rings. The topological polar surface area (TPSA) is 37.0 Å². The SMILES string of the molecule is C=CNc1c(CCC)cc(-c2cccnc2)cc1NC. The minimum absolute atomic E-state index is 1.03. The maximum atomic E-state index is 4.20. The lowest BCUT2D eigenvalue weighted by Crippen LogP contribution is -2.01. The van der Waals surface area contributed by atoms with Crippen LogP contribution in [0, 0.1) is 0 Å². The molecule has 0 amide bonds. The van der Waals surface area contributed by atoms with Crippen molar-refractivity contribution in [3.8, 4) is 11.1 Å². The molecule has 0 fully saturated rings. The number of pyridine rings is 1. The molecule has 0 spiro atoms. The van der Waals surface area contributed by atoms with E-state index in [1.54, 1.807) is 12.4 Å². The van der Waals surface area contributed by atoms with E-state index in [9.17, 15) is 0 Å². The lowest BCUT2D eigenvalue weighted by atomic mass is 9.99. The Morgan fingerprint density at radius 1 is 1.30 bits per heavy atom. The number of nitrogens with zero attached hydrogens (tertiary/aromatic N) is 1. The summed E-state index contributed by atoms with van der Waals surface area (Å²) in [5.41, 5.74) is 5.79. The average Bonchev–Trinajstić information content (AvgIpc) is 2.50. The summed E-state index contributed by atoms with van der Waals surface area (Å²) in [6, 6.07) is 8.41. The highest BCUT2D eigenvalue weighted by Gasteiger charge is 2.10. The van der Waals surface area contributed by atoms with E-state index in [0.29, 0.717) is 0 Å². The largest absolute Gasteiger partial charge is 0.386 e. The number of hydrogen-bond donors (Lipinski definition) is 2. The number of aryl methyl sites for hydroxylation is 1. The molecule has 104 valence electrons. The van der Waals surface area contributed by atoms with Crippen LogP contribution in [-0.4, -0.2) is 12.0 Å². The van der Waals surface area contributed by atoms with Gasteiger partial charge in [-0.15, -0.1) is 0 Å². The summed E-state index contributed by atoms with van der Waals surface area (Å²) in [5, 5.41) is 6.50. The van der Waals surface area contributed by atoms with Gasteiger partial charge in [-0.3, -0.25) is 4.98 Å². The van der Waals surface area contributed by atoms with E-state index >= 15 is 0 Å². The quantitative estimate of drug-likeness (QED) is 0.819. The first-order valence-corrected chi connectivity index (χ1v) is 6.92. The Labute approximate surface area is 120 Å². The Hall–Kier alpha value is -2.29. The summed E-state index contributed by atoms with van der Waals surface area (Å²) in [5.74, 6) is 0. The van der Waals surface area contributed by atoms with Crippen molar-refractivity contribution in [2.45, 2.75) is 19.8 Å². The molecule has 2 N–H and O–H groups in total. The van der Waals surface area contributed by atoms with Gasteiger partial charge >= 0.3 is 0 Å². The van der Waals surface area contributed by atoms with Crippen molar-refractivity contribution in [1.82, 2.24) is 4.98 Å². The predicted molar refractivity (Wildman–Crippen MR) is 87.0 cm³/mol. The van der Waals surface area contributed by atoms with Crippen LogP contribution in [0.3, 0.4) is 0 Å². The van der Waals surface area contributed by atoms with Gasteiger partial charge in [-0.05, 0) is 41.9 Å². The minimum Gasteiger partial charge on any atom is -0.386 e. The van der Waals surface area contributed by atoms with E-state index in [1.165, 1.54) is 11.1 Å². The van der Waals surface area contributed by atoms with E-state index in [4.69, 9.17) is 0 Å². The van der Waals surface area contributed by atoms with Crippen LogP contribution in [0.2, 0.25) is 0 Å². The molecular weight excluding hydrogens is 246 g/mol. The van der Waals surface area contributed by atoms with E-state index < -0.39 is 0 Å². The van der Waals surface area contributed by atoms with Crippen molar-refractivity contribution >= 4 is 11.4 Å². The second-order valence-electron chi connectivity index (χ2n) is 4.65. The molecule has 0 saturated heterocycles. The molecule has 0 bridgehead atoms. The Morgan fingerprint density at radius 3 is 2.75 bits per heavy atom. The molecular formula is C17H21N3. The van der Waals surface area contributed by atoms with Crippen LogP contribution in [0.5, 0.6) is 0 Å². The Morgan fingerprint density at radius 2 is 2.15 bits per heavy atom. The van der Waals surface area contributed by atoms with Crippen molar-refractivity contribution in [2.75, 3.05) is 17.7 Å². The Bertz CT molecular complexity index is 576. The summed E-state index contributed by atoms with van der Waals surface area (Å²) in [4.78, 5) is 4.20. The molecule has 1 aromatic heterocycles. The molecule has 1 aromatic carbocycles. The fraction of sp³-hybridized carbons (Fsp3) is 0.235. The zero-order chi connectivity index (χ0) is 14.4. The van der Waals surface area contributed by atoms with Crippen LogP contribution in [0.4, 0.5) is 11.4 Å².